The monoisotopic (exact) mass is 624 g/mol. The third-order valence-electron chi connectivity index (χ3n) is 13.2. The van der Waals surface area contributed by atoms with Gasteiger partial charge in [0.25, 0.3) is 0 Å². The van der Waals surface area contributed by atoms with Crippen LogP contribution in [0, 0.1) is 17.8 Å². The number of epoxide rings is 2. The van der Waals surface area contributed by atoms with E-state index in [-0.39, 0.29) is 0 Å². The van der Waals surface area contributed by atoms with Crippen molar-refractivity contribution in [3.8, 4) is 0 Å². The number of fused-ring (bicyclic) bond motifs is 4. The smallest absolute Gasteiger partial charge is 0.0844 e. The fourth-order valence-corrected chi connectivity index (χ4v) is 17.2. The molecule has 7 fully saturated rings. The van der Waals surface area contributed by atoms with Crippen LogP contribution in [0.3, 0.4) is 0 Å². The fraction of sp³-hybridized carbons (Fsp3) is 0.833. The molecule has 1 aromatic rings. The molecule has 8 rings (SSSR count). The van der Waals surface area contributed by atoms with Crippen molar-refractivity contribution in [2.24, 2.45) is 17.8 Å². The van der Waals surface area contributed by atoms with E-state index in [1.807, 2.05) is 0 Å². The van der Waals surface area contributed by atoms with Gasteiger partial charge in [-0.2, -0.15) is 0 Å². The molecule has 0 N–H and O–H groups in total. The van der Waals surface area contributed by atoms with Crippen LogP contribution in [0.1, 0.15) is 77.0 Å². The van der Waals surface area contributed by atoms with Crippen molar-refractivity contribution >= 4 is 39.8 Å². The average Bonchev–Trinajstić information content (AvgIpc) is 3.88. The SMILES string of the molecule is C[Si](C)(CCC1CCC2OC2C1)c1cc([Si](C)(C)CCC2CCC3OC3C2)cc([Si](C)(C)CCC2CCC3CC2O3)c1. The Morgan fingerprint density at radius 2 is 0.952 bits per heavy atom. The highest BCUT2D eigenvalue weighted by molar-refractivity contribution is 6.95. The molecular formula is C36H60O3Si3. The van der Waals surface area contributed by atoms with Gasteiger partial charge in [-0.15, -0.1) is 0 Å². The highest BCUT2D eigenvalue weighted by Crippen LogP contribution is 2.43. The Hall–Kier alpha value is -0.249. The molecule has 3 aliphatic carbocycles. The van der Waals surface area contributed by atoms with Crippen molar-refractivity contribution in [3.05, 3.63) is 18.2 Å². The van der Waals surface area contributed by atoms with E-state index < -0.39 is 24.2 Å². The molecule has 3 nitrogen and oxygen atoms in total. The summed E-state index contributed by atoms with van der Waals surface area (Å²) in [6, 6.07) is 12.6. The molecule has 234 valence electrons. The van der Waals surface area contributed by atoms with E-state index in [1.54, 1.807) is 15.6 Å². The second kappa shape index (κ2) is 11.5. The van der Waals surface area contributed by atoms with Gasteiger partial charge in [-0.05, 0) is 69.1 Å². The van der Waals surface area contributed by atoms with E-state index in [1.165, 1.54) is 95.2 Å². The van der Waals surface area contributed by atoms with Gasteiger partial charge in [0.1, 0.15) is 0 Å². The zero-order valence-corrected chi connectivity index (χ0v) is 30.8. The number of hydrogen-bond acceptors (Lipinski definition) is 3. The van der Waals surface area contributed by atoms with Crippen molar-refractivity contribution in [1.82, 2.24) is 0 Å². The van der Waals surface area contributed by atoms with Crippen molar-refractivity contribution < 1.29 is 14.2 Å². The Kier molecular flexibility index (Phi) is 8.34. The van der Waals surface area contributed by atoms with Crippen molar-refractivity contribution in [3.63, 3.8) is 0 Å². The predicted octanol–water partition coefficient (Wildman–Crippen LogP) is 7.31. The second-order valence-electron chi connectivity index (χ2n) is 17.7. The lowest BCUT2D eigenvalue weighted by molar-refractivity contribution is -0.185. The summed E-state index contributed by atoms with van der Waals surface area (Å²) >= 11 is 0. The first-order valence-electron chi connectivity index (χ1n) is 18.1. The molecule has 9 atom stereocenters. The van der Waals surface area contributed by atoms with Crippen molar-refractivity contribution in [2.75, 3.05) is 0 Å². The van der Waals surface area contributed by atoms with Crippen molar-refractivity contribution in [1.29, 1.82) is 0 Å². The quantitative estimate of drug-likeness (QED) is 0.181. The predicted molar refractivity (Wildman–Crippen MR) is 184 cm³/mol. The largest absolute Gasteiger partial charge is 0.375 e. The number of hydrogen-bond donors (Lipinski definition) is 0. The van der Waals surface area contributed by atoms with E-state index in [4.69, 9.17) is 14.2 Å². The first kappa shape index (κ1) is 30.4. The summed E-state index contributed by atoms with van der Waals surface area (Å²) in [5.41, 5.74) is 0. The summed E-state index contributed by atoms with van der Waals surface area (Å²) in [6.45, 7) is 16.2. The maximum absolute atomic E-state index is 6.17. The average molecular weight is 625 g/mol. The minimum atomic E-state index is -1.56. The van der Waals surface area contributed by atoms with E-state index in [2.05, 4.69) is 57.5 Å². The highest BCUT2D eigenvalue weighted by Gasteiger charge is 2.46. The molecule has 1 aromatic carbocycles. The number of benzene rings is 1. The molecule has 3 saturated carbocycles. The molecule has 0 amide bonds. The van der Waals surface area contributed by atoms with Gasteiger partial charge < -0.3 is 14.2 Å². The first-order chi connectivity index (χ1) is 19.9. The molecule has 7 aliphatic rings. The lowest BCUT2D eigenvalue weighted by Gasteiger charge is -2.47. The Bertz CT molecular complexity index is 1060. The zero-order chi connectivity index (χ0) is 29.3. The summed E-state index contributed by atoms with van der Waals surface area (Å²) in [4.78, 5) is 0. The van der Waals surface area contributed by atoms with E-state index in [9.17, 15) is 0 Å². The third-order valence-corrected chi connectivity index (χ3v) is 23.4. The zero-order valence-electron chi connectivity index (χ0n) is 27.8. The molecule has 0 aromatic heterocycles. The lowest BCUT2D eigenvalue weighted by atomic mass is 9.79. The van der Waals surface area contributed by atoms with E-state index in [0.29, 0.717) is 36.6 Å². The van der Waals surface area contributed by atoms with Gasteiger partial charge in [0.15, 0.2) is 0 Å². The molecule has 4 aliphatic heterocycles. The molecule has 0 spiro atoms. The molecule has 4 saturated heterocycles. The van der Waals surface area contributed by atoms with Gasteiger partial charge in [-0.3, -0.25) is 0 Å². The lowest BCUT2D eigenvalue weighted by Crippen LogP contribution is -2.54. The molecule has 0 radical (unpaired) electrons. The van der Waals surface area contributed by atoms with Crippen LogP contribution >= 0.6 is 0 Å². The topological polar surface area (TPSA) is 34.3 Å². The molecule has 2 bridgehead atoms. The molecule has 4 heterocycles. The Morgan fingerprint density at radius 3 is 1.36 bits per heavy atom. The Balaban J connectivity index is 1.09. The third kappa shape index (κ3) is 6.65. The Labute approximate surface area is 260 Å². The van der Waals surface area contributed by atoms with Crippen LogP contribution in [-0.4, -0.2) is 60.8 Å². The van der Waals surface area contributed by atoms with Gasteiger partial charge >= 0.3 is 0 Å². The summed E-state index contributed by atoms with van der Waals surface area (Å²) < 4.78 is 17.9. The standard InChI is InChI=1S/C36H60O3Si3/c1-40(2,16-13-25-7-11-32-35(19-25)38-32)29-22-30(41(3,4)17-14-26-8-12-33-36(20-26)39-33)24-31(23-29)42(5,6)18-15-27-9-10-28-21-34(27)37-28/h22-28,32-36H,7-21H2,1-6H3. The van der Waals surface area contributed by atoms with Gasteiger partial charge in [-0.1, -0.05) is 110 Å². The molecule has 6 heteroatoms. The number of rotatable bonds is 12. The van der Waals surface area contributed by atoms with Crippen LogP contribution in [0.15, 0.2) is 18.2 Å². The molecular weight excluding hydrogens is 565 g/mol. The summed E-state index contributed by atoms with van der Waals surface area (Å²) in [7, 11) is -4.65. The van der Waals surface area contributed by atoms with Crippen LogP contribution in [0.5, 0.6) is 0 Å². The molecule has 42 heavy (non-hydrogen) atoms. The summed E-state index contributed by atoms with van der Waals surface area (Å²) in [5, 5.41) is 5.34. The Morgan fingerprint density at radius 1 is 0.500 bits per heavy atom. The van der Waals surface area contributed by atoms with Crippen LogP contribution in [0.4, 0.5) is 0 Å². The second-order valence-corrected chi connectivity index (χ2v) is 32.3. The van der Waals surface area contributed by atoms with Crippen LogP contribution in [-0.2, 0) is 14.2 Å². The maximum Gasteiger partial charge on any atom is 0.0844 e. The maximum atomic E-state index is 6.17. The molecule has 9 unspecified atom stereocenters. The van der Waals surface area contributed by atoms with E-state index in [0.717, 1.165) is 17.8 Å². The minimum absolute atomic E-state index is 0.584. The fourth-order valence-electron chi connectivity index (χ4n) is 9.31. The van der Waals surface area contributed by atoms with Crippen LogP contribution in [0.2, 0.25) is 57.4 Å². The first-order valence-corrected chi connectivity index (χ1v) is 27.7. The van der Waals surface area contributed by atoms with Gasteiger partial charge in [0, 0.05) is 6.42 Å². The van der Waals surface area contributed by atoms with Gasteiger partial charge in [0.05, 0.1) is 60.8 Å². The number of ether oxygens (including phenoxy) is 3. The normalized spacial score (nSPS) is 37.4. The summed E-state index contributed by atoms with van der Waals surface area (Å²) in [5.74, 6) is 2.61. The van der Waals surface area contributed by atoms with Crippen LogP contribution < -0.4 is 15.6 Å². The van der Waals surface area contributed by atoms with E-state index >= 15 is 0 Å². The van der Waals surface area contributed by atoms with Crippen molar-refractivity contribution in [2.45, 2.75) is 171 Å². The van der Waals surface area contributed by atoms with Crippen LogP contribution in [0.25, 0.3) is 0 Å². The summed E-state index contributed by atoms with van der Waals surface area (Å²) in [6.07, 6.45) is 20.1. The van der Waals surface area contributed by atoms with Gasteiger partial charge in [-0.25, -0.2) is 0 Å². The minimum Gasteiger partial charge on any atom is -0.375 e. The van der Waals surface area contributed by atoms with Gasteiger partial charge in [0.2, 0.25) is 0 Å². The highest BCUT2D eigenvalue weighted by atomic mass is 28.3.